The summed E-state index contributed by atoms with van der Waals surface area (Å²) >= 11 is 0. The molecule has 1 aromatic heterocycles. The van der Waals surface area contributed by atoms with Crippen LogP contribution in [0.15, 0.2) is 48.7 Å². The Hall–Kier alpha value is -2.68. The van der Waals surface area contributed by atoms with Gasteiger partial charge in [0, 0.05) is 34.4 Å². The van der Waals surface area contributed by atoms with E-state index in [2.05, 4.69) is 24.5 Å². The van der Waals surface area contributed by atoms with Crippen molar-refractivity contribution in [3.63, 3.8) is 0 Å². The number of aromatic nitrogens is 1. The van der Waals surface area contributed by atoms with E-state index < -0.39 is 0 Å². The summed E-state index contributed by atoms with van der Waals surface area (Å²) in [6, 6.07) is 13.9. The lowest BCUT2D eigenvalue weighted by Crippen LogP contribution is -2.32. The van der Waals surface area contributed by atoms with Crippen molar-refractivity contribution in [2.45, 2.75) is 46.6 Å². The Morgan fingerprint density at radius 3 is 2.46 bits per heavy atom. The lowest BCUT2D eigenvalue weighted by Gasteiger charge is -2.05. The molecule has 2 nitrogen and oxygen atoms in total. The molecular weight excluding hydrogens is 349 g/mol. The highest BCUT2D eigenvalue weighted by molar-refractivity contribution is 6.16. The number of fused-ring (bicyclic) bond motifs is 1. The van der Waals surface area contributed by atoms with Gasteiger partial charge in [0.1, 0.15) is 0 Å². The van der Waals surface area contributed by atoms with Gasteiger partial charge in [0.05, 0.1) is 6.67 Å². The Kier molecular flexibility index (Phi) is 6.45. The third kappa shape index (κ3) is 3.94. The van der Waals surface area contributed by atoms with Crippen LogP contribution in [0, 0.1) is 0 Å². The van der Waals surface area contributed by atoms with Crippen molar-refractivity contribution in [2.24, 2.45) is 0 Å². The smallest absolute Gasteiger partial charge is 0.195 e. The Morgan fingerprint density at radius 1 is 1.00 bits per heavy atom. The van der Waals surface area contributed by atoms with Crippen LogP contribution < -0.4 is 10.6 Å². The quantitative estimate of drug-likeness (QED) is 0.419. The minimum Gasteiger partial charge on any atom is -0.347 e. The Balaban J connectivity index is 2.12. The third-order valence-electron chi connectivity index (χ3n) is 5.20. The zero-order valence-corrected chi connectivity index (χ0v) is 17.0. The molecule has 1 heterocycles. The lowest BCUT2D eigenvalue weighted by atomic mass is 9.97. The van der Waals surface area contributed by atoms with E-state index in [1.54, 1.807) is 0 Å². The maximum Gasteiger partial charge on any atom is 0.195 e. The SMILES string of the molecule is CC=c1c(=C(C)C)c(C(=O)c2cccc3ccccc23)cn1CCCCCF. The normalized spacial score (nSPS) is 11.9. The Labute approximate surface area is 166 Å². The van der Waals surface area contributed by atoms with Crippen molar-refractivity contribution >= 4 is 28.2 Å². The molecule has 2 aromatic carbocycles. The number of ketones is 1. The fourth-order valence-electron chi connectivity index (χ4n) is 3.89. The van der Waals surface area contributed by atoms with E-state index in [9.17, 15) is 9.18 Å². The summed E-state index contributed by atoms with van der Waals surface area (Å²) in [5.74, 6) is 0.0543. The van der Waals surface area contributed by atoms with Gasteiger partial charge in [0.2, 0.25) is 0 Å². The predicted octanol–water partition coefficient (Wildman–Crippen LogP) is 5.00. The summed E-state index contributed by atoms with van der Waals surface area (Å²) in [6.45, 7) is 6.64. The molecule has 3 aromatic rings. The van der Waals surface area contributed by atoms with E-state index >= 15 is 0 Å². The summed E-state index contributed by atoms with van der Waals surface area (Å²) in [4.78, 5) is 13.6. The monoisotopic (exact) mass is 377 g/mol. The average molecular weight is 378 g/mol. The Bertz CT molecular complexity index is 1100. The first kappa shape index (κ1) is 20.1. The van der Waals surface area contributed by atoms with E-state index in [1.807, 2.05) is 55.6 Å². The molecule has 0 amide bonds. The second kappa shape index (κ2) is 9.01. The molecule has 0 aliphatic rings. The third-order valence-corrected chi connectivity index (χ3v) is 5.20. The van der Waals surface area contributed by atoms with E-state index in [0.29, 0.717) is 6.42 Å². The number of aryl methyl sites for hydroxylation is 1. The molecule has 0 saturated carbocycles. The van der Waals surface area contributed by atoms with Gasteiger partial charge in [-0.15, -0.1) is 0 Å². The van der Waals surface area contributed by atoms with Crippen LogP contribution in [0.4, 0.5) is 4.39 Å². The number of benzene rings is 2. The van der Waals surface area contributed by atoms with E-state index in [0.717, 1.165) is 57.4 Å². The average Bonchev–Trinajstić information content (AvgIpc) is 3.09. The van der Waals surface area contributed by atoms with Crippen LogP contribution in [0.5, 0.6) is 0 Å². The van der Waals surface area contributed by atoms with Gasteiger partial charge < -0.3 is 4.57 Å². The summed E-state index contributed by atoms with van der Waals surface area (Å²) in [7, 11) is 0. The van der Waals surface area contributed by atoms with Crippen molar-refractivity contribution in [1.29, 1.82) is 0 Å². The van der Waals surface area contributed by atoms with Crippen LogP contribution in [0.25, 0.3) is 22.4 Å². The molecule has 28 heavy (non-hydrogen) atoms. The maximum absolute atomic E-state index is 13.6. The molecule has 0 bridgehead atoms. The summed E-state index contributed by atoms with van der Waals surface area (Å²) < 4.78 is 14.6. The van der Waals surface area contributed by atoms with E-state index in [-0.39, 0.29) is 12.5 Å². The fraction of sp³-hybridized carbons (Fsp3) is 0.320. The summed E-state index contributed by atoms with van der Waals surface area (Å²) in [5.41, 5.74) is 2.60. The number of hydrogen-bond acceptors (Lipinski definition) is 1. The number of hydrogen-bond donors (Lipinski definition) is 0. The molecule has 0 aliphatic carbocycles. The van der Waals surface area contributed by atoms with Crippen molar-refractivity contribution in [1.82, 2.24) is 4.57 Å². The molecule has 0 aliphatic heterocycles. The van der Waals surface area contributed by atoms with Crippen LogP contribution in [0.1, 0.15) is 56.0 Å². The molecule has 0 atom stereocenters. The minimum absolute atomic E-state index is 0.0543. The number of alkyl halides is 1. The van der Waals surface area contributed by atoms with Gasteiger partial charge in [0.25, 0.3) is 0 Å². The van der Waals surface area contributed by atoms with Gasteiger partial charge in [-0.1, -0.05) is 54.1 Å². The first-order chi connectivity index (χ1) is 13.6. The number of halogens is 1. The van der Waals surface area contributed by atoms with Gasteiger partial charge in [-0.05, 0) is 50.8 Å². The first-order valence-electron chi connectivity index (χ1n) is 10.00. The number of carbonyl (C=O) groups excluding carboxylic acids is 1. The van der Waals surface area contributed by atoms with Crippen LogP contribution in [-0.2, 0) is 6.54 Å². The van der Waals surface area contributed by atoms with Gasteiger partial charge in [-0.2, -0.15) is 0 Å². The zero-order valence-electron chi connectivity index (χ0n) is 17.0. The lowest BCUT2D eigenvalue weighted by molar-refractivity contribution is 0.103. The molecule has 0 radical (unpaired) electrons. The van der Waals surface area contributed by atoms with Crippen molar-refractivity contribution < 1.29 is 9.18 Å². The van der Waals surface area contributed by atoms with Crippen molar-refractivity contribution in [2.75, 3.05) is 6.67 Å². The summed E-state index contributed by atoms with van der Waals surface area (Å²) in [5, 5.41) is 4.14. The van der Waals surface area contributed by atoms with Crippen LogP contribution in [0.3, 0.4) is 0 Å². The summed E-state index contributed by atoms with van der Waals surface area (Å²) in [6.07, 6.45) is 6.41. The van der Waals surface area contributed by atoms with Gasteiger partial charge >= 0.3 is 0 Å². The van der Waals surface area contributed by atoms with Crippen molar-refractivity contribution in [3.8, 4) is 0 Å². The second-order valence-corrected chi connectivity index (χ2v) is 7.39. The van der Waals surface area contributed by atoms with Gasteiger partial charge in [-0.3, -0.25) is 9.18 Å². The van der Waals surface area contributed by atoms with E-state index in [4.69, 9.17) is 0 Å². The Morgan fingerprint density at radius 2 is 1.75 bits per heavy atom. The van der Waals surface area contributed by atoms with Crippen molar-refractivity contribution in [3.05, 3.63) is 70.4 Å². The van der Waals surface area contributed by atoms with Crippen LogP contribution >= 0.6 is 0 Å². The van der Waals surface area contributed by atoms with Crippen LogP contribution in [-0.4, -0.2) is 17.0 Å². The number of carbonyl (C=O) groups is 1. The zero-order chi connectivity index (χ0) is 20.1. The maximum atomic E-state index is 13.6. The molecule has 3 rings (SSSR count). The standard InChI is InChI=1S/C25H28FNO/c1-4-23-24(18(2)3)22(17-27(23)16-9-5-8-15-26)25(28)21-14-10-12-19-11-6-7-13-20(19)21/h4,6-7,10-14,17H,5,8-9,15-16H2,1-3H3. The molecule has 0 spiro atoms. The molecule has 0 N–H and O–H groups in total. The minimum atomic E-state index is -0.268. The topological polar surface area (TPSA) is 22.0 Å². The highest BCUT2D eigenvalue weighted by Gasteiger charge is 2.17. The highest BCUT2D eigenvalue weighted by Crippen LogP contribution is 2.20. The predicted molar refractivity (Wildman–Crippen MR) is 116 cm³/mol. The van der Waals surface area contributed by atoms with Crippen LogP contribution in [0.2, 0.25) is 0 Å². The molecule has 146 valence electrons. The van der Waals surface area contributed by atoms with Gasteiger partial charge in [0.15, 0.2) is 5.78 Å². The van der Waals surface area contributed by atoms with Gasteiger partial charge in [-0.25, -0.2) is 0 Å². The largest absolute Gasteiger partial charge is 0.347 e. The molecule has 0 saturated heterocycles. The molecule has 0 unspecified atom stereocenters. The molecule has 0 fully saturated rings. The fourth-order valence-corrected chi connectivity index (χ4v) is 3.89. The highest BCUT2D eigenvalue weighted by atomic mass is 19.1. The molecular formula is C25H28FNO. The first-order valence-corrected chi connectivity index (χ1v) is 10.00. The van der Waals surface area contributed by atoms with E-state index in [1.165, 1.54) is 0 Å². The number of unbranched alkanes of at least 4 members (excludes halogenated alkanes) is 2. The second-order valence-electron chi connectivity index (χ2n) is 7.39. The molecule has 3 heteroatoms. The number of nitrogens with zero attached hydrogens (tertiary/aromatic N) is 1. The number of rotatable bonds is 7.